The molecule has 2 heterocycles. The molecule has 0 N–H and O–H groups in total. The van der Waals surface area contributed by atoms with Crippen molar-refractivity contribution in [3.8, 4) is 0 Å². The number of aromatic nitrogens is 1. The van der Waals surface area contributed by atoms with Crippen molar-refractivity contribution in [3.05, 3.63) is 15.6 Å². The van der Waals surface area contributed by atoms with Gasteiger partial charge in [-0.2, -0.15) is 0 Å². The van der Waals surface area contributed by atoms with Gasteiger partial charge in [-0.05, 0) is 13.8 Å². The third kappa shape index (κ3) is 2.80. The van der Waals surface area contributed by atoms with E-state index in [0.717, 1.165) is 22.7 Å². The molecule has 2 rings (SSSR count). The van der Waals surface area contributed by atoms with Gasteiger partial charge < -0.3 is 14.2 Å². The highest BCUT2D eigenvalue weighted by Gasteiger charge is 2.38. The van der Waals surface area contributed by atoms with Crippen molar-refractivity contribution in [2.75, 3.05) is 26.9 Å². The van der Waals surface area contributed by atoms with E-state index in [0.29, 0.717) is 25.5 Å². The van der Waals surface area contributed by atoms with Crippen LogP contribution in [0.25, 0.3) is 0 Å². The highest BCUT2D eigenvalue weighted by Crippen LogP contribution is 2.38. The number of carbonyl (C=O) groups excluding carboxylic acids is 1. The van der Waals surface area contributed by atoms with Gasteiger partial charge in [0.15, 0.2) is 5.69 Å². The normalized spacial score (nSPS) is 18.3. The average molecular weight is 285 g/mol. The number of esters is 1. The van der Waals surface area contributed by atoms with Crippen LogP contribution in [0.5, 0.6) is 0 Å². The summed E-state index contributed by atoms with van der Waals surface area (Å²) in [7, 11) is 1.69. The fourth-order valence-electron chi connectivity index (χ4n) is 2.19. The Balaban J connectivity index is 2.29. The van der Waals surface area contributed by atoms with Gasteiger partial charge in [-0.1, -0.05) is 0 Å². The molecule has 1 aromatic heterocycles. The van der Waals surface area contributed by atoms with Crippen molar-refractivity contribution >= 4 is 17.3 Å². The smallest absolute Gasteiger partial charge is 0.358 e. The third-order valence-electron chi connectivity index (χ3n) is 3.35. The van der Waals surface area contributed by atoms with E-state index >= 15 is 0 Å². The van der Waals surface area contributed by atoms with E-state index in [-0.39, 0.29) is 5.97 Å². The van der Waals surface area contributed by atoms with Crippen LogP contribution >= 0.6 is 11.3 Å². The zero-order chi connectivity index (χ0) is 13.9. The van der Waals surface area contributed by atoms with Crippen LogP contribution in [0.3, 0.4) is 0 Å². The van der Waals surface area contributed by atoms with Crippen molar-refractivity contribution in [1.29, 1.82) is 0 Å². The standard InChI is InChI=1S/C13H19NO4S/c1-4-18-11(15)10-9(2)19-12(14-10)13(16-3)5-7-17-8-6-13/h4-8H2,1-3H3. The summed E-state index contributed by atoms with van der Waals surface area (Å²) < 4.78 is 16.1. The molecule has 0 amide bonds. The van der Waals surface area contributed by atoms with Gasteiger partial charge in [0.05, 0.1) is 6.61 Å². The van der Waals surface area contributed by atoms with Gasteiger partial charge in [-0.25, -0.2) is 9.78 Å². The zero-order valence-electron chi connectivity index (χ0n) is 11.5. The predicted molar refractivity (Wildman–Crippen MR) is 71.5 cm³/mol. The van der Waals surface area contributed by atoms with Crippen molar-refractivity contribution in [2.24, 2.45) is 0 Å². The molecule has 1 aromatic rings. The molecule has 0 aliphatic carbocycles. The monoisotopic (exact) mass is 285 g/mol. The summed E-state index contributed by atoms with van der Waals surface area (Å²) in [5, 5.41) is 0.846. The molecule has 0 radical (unpaired) electrons. The maximum Gasteiger partial charge on any atom is 0.358 e. The molecule has 106 valence electrons. The third-order valence-corrected chi connectivity index (χ3v) is 4.50. The lowest BCUT2D eigenvalue weighted by Gasteiger charge is -2.33. The number of aryl methyl sites for hydroxylation is 1. The van der Waals surface area contributed by atoms with Gasteiger partial charge in [-0.3, -0.25) is 0 Å². The Bertz CT molecular complexity index is 451. The number of carbonyl (C=O) groups is 1. The average Bonchev–Trinajstić information content (AvgIpc) is 2.82. The molecular formula is C13H19NO4S. The lowest BCUT2D eigenvalue weighted by Crippen LogP contribution is -2.35. The second kappa shape index (κ2) is 5.98. The second-order valence-corrected chi connectivity index (χ2v) is 5.66. The molecule has 1 saturated heterocycles. The second-order valence-electron chi connectivity index (χ2n) is 4.46. The van der Waals surface area contributed by atoms with Gasteiger partial charge in [0.1, 0.15) is 10.6 Å². The summed E-state index contributed by atoms with van der Waals surface area (Å²) in [4.78, 5) is 17.1. The van der Waals surface area contributed by atoms with E-state index in [9.17, 15) is 4.79 Å². The van der Waals surface area contributed by atoms with Crippen LogP contribution in [0.2, 0.25) is 0 Å². The van der Waals surface area contributed by atoms with Gasteiger partial charge >= 0.3 is 5.97 Å². The predicted octanol–water partition coefficient (Wildman–Crippen LogP) is 2.28. The first-order chi connectivity index (χ1) is 9.13. The van der Waals surface area contributed by atoms with Crippen LogP contribution in [-0.2, 0) is 19.8 Å². The van der Waals surface area contributed by atoms with Crippen LogP contribution in [-0.4, -0.2) is 37.9 Å². The molecule has 6 heteroatoms. The Hall–Kier alpha value is -0.980. The first-order valence-corrected chi connectivity index (χ1v) is 7.22. The van der Waals surface area contributed by atoms with Crippen LogP contribution in [0.15, 0.2) is 0 Å². The summed E-state index contributed by atoms with van der Waals surface area (Å²) in [6.07, 6.45) is 1.53. The van der Waals surface area contributed by atoms with Gasteiger partial charge in [0, 0.05) is 38.0 Å². The van der Waals surface area contributed by atoms with E-state index < -0.39 is 5.60 Å². The summed E-state index contributed by atoms with van der Waals surface area (Å²) in [5.41, 5.74) is -0.0110. The van der Waals surface area contributed by atoms with Crippen LogP contribution in [0, 0.1) is 6.92 Å². The molecule has 1 fully saturated rings. The molecule has 1 aliphatic heterocycles. The summed E-state index contributed by atoms with van der Waals surface area (Å²) in [5.74, 6) is -0.360. The SMILES string of the molecule is CCOC(=O)c1nc(C2(OC)CCOCC2)sc1C. The number of thiazole rings is 1. The topological polar surface area (TPSA) is 57.7 Å². The molecule has 1 aliphatic rings. The van der Waals surface area contributed by atoms with E-state index in [1.54, 1.807) is 14.0 Å². The number of rotatable bonds is 4. The van der Waals surface area contributed by atoms with Crippen LogP contribution in [0.1, 0.15) is 40.1 Å². The Kier molecular flexibility index (Phi) is 4.54. The number of hydrogen-bond acceptors (Lipinski definition) is 6. The number of ether oxygens (including phenoxy) is 3. The summed E-state index contributed by atoms with van der Waals surface area (Å²) in [6.45, 7) is 5.34. The Labute approximate surface area is 116 Å². The van der Waals surface area contributed by atoms with Gasteiger partial charge in [0.25, 0.3) is 0 Å². The lowest BCUT2D eigenvalue weighted by atomic mass is 9.95. The van der Waals surface area contributed by atoms with Crippen molar-refractivity contribution in [3.63, 3.8) is 0 Å². The molecule has 0 atom stereocenters. The fraction of sp³-hybridized carbons (Fsp3) is 0.692. The van der Waals surface area contributed by atoms with E-state index in [4.69, 9.17) is 14.2 Å². The highest BCUT2D eigenvalue weighted by atomic mass is 32.1. The molecule has 0 spiro atoms. The Morgan fingerprint density at radius 2 is 2.16 bits per heavy atom. The molecule has 0 unspecified atom stereocenters. The van der Waals surface area contributed by atoms with Crippen molar-refractivity contribution < 1.29 is 19.0 Å². The lowest BCUT2D eigenvalue weighted by molar-refractivity contribution is -0.0948. The first kappa shape index (κ1) is 14.4. The minimum Gasteiger partial charge on any atom is -0.461 e. The summed E-state index contributed by atoms with van der Waals surface area (Å²) in [6, 6.07) is 0. The van der Waals surface area contributed by atoms with Gasteiger partial charge in [-0.15, -0.1) is 11.3 Å². The quantitative estimate of drug-likeness (QED) is 0.794. The molecule has 0 saturated carbocycles. The number of nitrogens with zero attached hydrogens (tertiary/aromatic N) is 1. The van der Waals surface area contributed by atoms with Gasteiger partial charge in [0.2, 0.25) is 0 Å². The van der Waals surface area contributed by atoms with E-state index in [2.05, 4.69) is 4.98 Å². The van der Waals surface area contributed by atoms with Crippen LogP contribution in [0.4, 0.5) is 0 Å². The molecule has 0 bridgehead atoms. The Morgan fingerprint density at radius 1 is 1.47 bits per heavy atom. The fourth-order valence-corrected chi connectivity index (χ4v) is 3.31. The zero-order valence-corrected chi connectivity index (χ0v) is 12.3. The maximum absolute atomic E-state index is 11.8. The highest BCUT2D eigenvalue weighted by molar-refractivity contribution is 7.12. The minimum atomic E-state index is -0.418. The van der Waals surface area contributed by atoms with Crippen molar-refractivity contribution in [1.82, 2.24) is 4.98 Å². The first-order valence-electron chi connectivity index (χ1n) is 6.41. The Morgan fingerprint density at radius 3 is 2.74 bits per heavy atom. The maximum atomic E-state index is 11.8. The van der Waals surface area contributed by atoms with E-state index in [1.807, 2.05) is 6.92 Å². The largest absolute Gasteiger partial charge is 0.461 e. The molecular weight excluding hydrogens is 266 g/mol. The summed E-state index contributed by atoms with van der Waals surface area (Å²) >= 11 is 1.51. The van der Waals surface area contributed by atoms with E-state index in [1.165, 1.54) is 11.3 Å². The molecule has 5 nitrogen and oxygen atoms in total. The number of hydrogen-bond donors (Lipinski definition) is 0. The molecule has 19 heavy (non-hydrogen) atoms. The number of methoxy groups -OCH3 is 1. The van der Waals surface area contributed by atoms with Crippen LogP contribution < -0.4 is 0 Å². The minimum absolute atomic E-state index is 0.356. The molecule has 0 aromatic carbocycles. The van der Waals surface area contributed by atoms with Crippen molar-refractivity contribution in [2.45, 2.75) is 32.3 Å².